The molecule has 0 aliphatic heterocycles. The molecule has 16 heavy (non-hydrogen) atoms. The lowest BCUT2D eigenvalue weighted by Crippen LogP contribution is -1.73. The number of thiazole rings is 1. The van der Waals surface area contributed by atoms with Crippen molar-refractivity contribution in [2.45, 2.75) is 0 Å². The van der Waals surface area contributed by atoms with Crippen LogP contribution < -0.4 is 0 Å². The van der Waals surface area contributed by atoms with Gasteiger partial charge < -0.3 is 4.98 Å². The zero-order valence-electron chi connectivity index (χ0n) is 8.58. The third-order valence-electron chi connectivity index (χ3n) is 1.91. The maximum Gasteiger partial charge on any atom is 0.0919 e. The molecule has 0 radical (unpaired) electrons. The molecule has 3 aromatic rings. The van der Waals surface area contributed by atoms with E-state index in [9.17, 15) is 0 Å². The lowest BCUT2D eigenvalue weighted by Gasteiger charge is -1.92. The van der Waals surface area contributed by atoms with E-state index in [2.05, 4.69) is 32.5 Å². The minimum Gasteiger partial charge on any atom is -0.351 e. The third kappa shape index (κ3) is 3.03. The molecule has 80 valence electrons. The molecule has 0 fully saturated rings. The van der Waals surface area contributed by atoms with Gasteiger partial charge in [0, 0.05) is 23.3 Å². The number of H-pyrrole nitrogens is 1. The number of hydrogen-bond acceptors (Lipinski definition) is 3. The first-order valence-electron chi connectivity index (χ1n) is 4.83. The van der Waals surface area contributed by atoms with E-state index in [4.69, 9.17) is 0 Å². The topological polar surface area (TPSA) is 41.6 Å². The van der Waals surface area contributed by atoms with Gasteiger partial charge in [0.15, 0.2) is 0 Å². The van der Waals surface area contributed by atoms with Crippen LogP contribution in [0.1, 0.15) is 0 Å². The highest BCUT2D eigenvalue weighted by atomic mass is 32.1. The van der Waals surface area contributed by atoms with Gasteiger partial charge in [-0.2, -0.15) is 0 Å². The van der Waals surface area contributed by atoms with Gasteiger partial charge in [0.25, 0.3) is 0 Å². The van der Waals surface area contributed by atoms with Crippen LogP contribution in [0.3, 0.4) is 0 Å². The maximum atomic E-state index is 4.20. The molecule has 0 aliphatic carbocycles. The monoisotopic (exact) mass is 229 g/mol. The van der Waals surface area contributed by atoms with Crippen LogP contribution in [0.5, 0.6) is 0 Å². The molecule has 0 spiro atoms. The van der Waals surface area contributed by atoms with Crippen LogP contribution in [0.25, 0.3) is 11.3 Å². The summed E-state index contributed by atoms with van der Waals surface area (Å²) in [5.41, 5.74) is 4.10. The largest absolute Gasteiger partial charge is 0.351 e. The molecular weight excluding hydrogens is 218 g/mol. The van der Waals surface area contributed by atoms with Gasteiger partial charge in [0.1, 0.15) is 0 Å². The Morgan fingerprint density at radius 2 is 2.00 bits per heavy atom. The van der Waals surface area contributed by atoms with Gasteiger partial charge in [-0.3, -0.25) is 0 Å². The number of rotatable bonds is 1. The van der Waals surface area contributed by atoms with E-state index in [1.54, 1.807) is 30.1 Å². The van der Waals surface area contributed by atoms with Gasteiger partial charge in [0.2, 0.25) is 0 Å². The van der Waals surface area contributed by atoms with Gasteiger partial charge in [-0.1, -0.05) is 30.3 Å². The van der Waals surface area contributed by atoms with Crippen molar-refractivity contribution in [3.05, 3.63) is 59.9 Å². The smallest absolute Gasteiger partial charge is 0.0919 e. The van der Waals surface area contributed by atoms with E-state index in [1.807, 2.05) is 23.7 Å². The standard InChI is InChI=1S/C9H7NS.C3H4N2/c1-2-4-8(5-3-1)9-6-11-7-10-9;1-2-5-3-4-1/h1-7H;1-3H,(H,4,5). The number of nitrogens with zero attached hydrogens (tertiary/aromatic N) is 2. The lowest BCUT2D eigenvalue weighted by molar-refractivity contribution is 1.31. The molecule has 0 saturated carbocycles. The van der Waals surface area contributed by atoms with Crippen LogP contribution in [-0.4, -0.2) is 15.0 Å². The van der Waals surface area contributed by atoms with Crippen molar-refractivity contribution in [3.8, 4) is 11.3 Å². The highest BCUT2D eigenvalue weighted by molar-refractivity contribution is 7.07. The van der Waals surface area contributed by atoms with Gasteiger partial charge in [-0.05, 0) is 0 Å². The lowest BCUT2D eigenvalue weighted by atomic mass is 10.2. The van der Waals surface area contributed by atoms with Crippen molar-refractivity contribution in [3.63, 3.8) is 0 Å². The van der Waals surface area contributed by atoms with Gasteiger partial charge >= 0.3 is 0 Å². The summed E-state index contributed by atoms with van der Waals surface area (Å²) in [5, 5.41) is 2.05. The van der Waals surface area contributed by atoms with Gasteiger partial charge in [-0.25, -0.2) is 9.97 Å². The third-order valence-corrected chi connectivity index (χ3v) is 2.49. The van der Waals surface area contributed by atoms with Crippen molar-refractivity contribution in [2.75, 3.05) is 0 Å². The summed E-state index contributed by atoms with van der Waals surface area (Å²) >= 11 is 1.62. The Labute approximate surface area is 97.8 Å². The molecule has 1 aromatic carbocycles. The number of aromatic amines is 1. The van der Waals surface area contributed by atoms with Crippen molar-refractivity contribution in [1.82, 2.24) is 15.0 Å². The molecule has 0 saturated heterocycles. The quantitative estimate of drug-likeness (QED) is 0.696. The van der Waals surface area contributed by atoms with E-state index >= 15 is 0 Å². The Morgan fingerprint density at radius 3 is 2.50 bits per heavy atom. The molecule has 2 heterocycles. The molecule has 3 rings (SSSR count). The number of benzene rings is 1. The average molecular weight is 229 g/mol. The minimum absolute atomic E-state index is 1.07. The predicted octanol–water partition coefficient (Wildman–Crippen LogP) is 3.22. The summed E-state index contributed by atoms with van der Waals surface area (Å²) < 4.78 is 0. The molecule has 0 atom stereocenters. The number of imidazole rings is 1. The second-order valence-electron chi connectivity index (χ2n) is 3.00. The SMILES string of the molecule is c1c[nH]cn1.c1ccc(-c2cscn2)cc1. The number of nitrogens with one attached hydrogen (secondary N) is 1. The first kappa shape index (κ1) is 10.6. The van der Waals surface area contributed by atoms with Crippen LogP contribution in [0.2, 0.25) is 0 Å². The van der Waals surface area contributed by atoms with E-state index in [0.29, 0.717) is 0 Å². The fourth-order valence-electron chi connectivity index (χ4n) is 1.18. The Bertz CT molecular complexity index is 457. The summed E-state index contributed by atoms with van der Waals surface area (Å²) in [7, 11) is 0. The summed E-state index contributed by atoms with van der Waals surface area (Å²) in [6.07, 6.45) is 5.08. The molecule has 0 aliphatic rings. The Hall–Kier alpha value is -1.94. The second-order valence-corrected chi connectivity index (χ2v) is 3.72. The van der Waals surface area contributed by atoms with Gasteiger partial charge in [-0.15, -0.1) is 11.3 Å². The van der Waals surface area contributed by atoms with Crippen LogP contribution in [0, 0.1) is 0 Å². The van der Waals surface area contributed by atoms with E-state index < -0.39 is 0 Å². The Balaban J connectivity index is 0.000000162. The van der Waals surface area contributed by atoms with Crippen LogP contribution in [-0.2, 0) is 0 Å². The molecule has 0 bridgehead atoms. The first-order valence-corrected chi connectivity index (χ1v) is 5.77. The highest BCUT2D eigenvalue weighted by Gasteiger charge is 1.95. The van der Waals surface area contributed by atoms with Gasteiger partial charge in [0.05, 0.1) is 17.5 Å². The Morgan fingerprint density at radius 1 is 1.12 bits per heavy atom. The van der Waals surface area contributed by atoms with Crippen molar-refractivity contribution < 1.29 is 0 Å². The predicted molar refractivity (Wildman–Crippen MR) is 66.1 cm³/mol. The summed E-state index contributed by atoms with van der Waals surface area (Å²) in [5.74, 6) is 0. The van der Waals surface area contributed by atoms with Crippen LogP contribution in [0.15, 0.2) is 59.9 Å². The maximum absolute atomic E-state index is 4.20. The number of hydrogen-bond donors (Lipinski definition) is 1. The zero-order valence-corrected chi connectivity index (χ0v) is 9.39. The molecule has 3 nitrogen and oxygen atoms in total. The minimum atomic E-state index is 1.07. The number of aromatic nitrogens is 3. The summed E-state index contributed by atoms with van der Waals surface area (Å²) in [4.78, 5) is 10.6. The molecule has 0 unspecified atom stereocenters. The highest BCUT2D eigenvalue weighted by Crippen LogP contribution is 2.17. The summed E-state index contributed by atoms with van der Waals surface area (Å²) in [6.45, 7) is 0. The van der Waals surface area contributed by atoms with E-state index in [0.717, 1.165) is 5.69 Å². The van der Waals surface area contributed by atoms with Crippen molar-refractivity contribution in [1.29, 1.82) is 0 Å². The van der Waals surface area contributed by atoms with Crippen molar-refractivity contribution in [2.24, 2.45) is 0 Å². The molecular formula is C12H11N3S. The molecule has 2 aromatic heterocycles. The van der Waals surface area contributed by atoms with E-state index in [-0.39, 0.29) is 0 Å². The molecule has 4 heteroatoms. The normalized spacial score (nSPS) is 9.25. The Kier molecular flexibility index (Phi) is 3.85. The van der Waals surface area contributed by atoms with E-state index in [1.165, 1.54) is 5.56 Å². The first-order chi connectivity index (χ1) is 7.97. The van der Waals surface area contributed by atoms with Crippen molar-refractivity contribution >= 4 is 11.3 Å². The average Bonchev–Trinajstić information content (AvgIpc) is 3.07. The second kappa shape index (κ2) is 5.82. The molecule has 1 N–H and O–H groups in total. The fourth-order valence-corrected chi connectivity index (χ4v) is 1.74. The van der Waals surface area contributed by atoms with Crippen LogP contribution >= 0.6 is 11.3 Å². The zero-order chi connectivity index (χ0) is 11.1. The van der Waals surface area contributed by atoms with Crippen LogP contribution in [0.4, 0.5) is 0 Å². The fraction of sp³-hybridized carbons (Fsp3) is 0. The molecule has 0 amide bonds. The summed E-state index contributed by atoms with van der Waals surface area (Å²) in [6, 6.07) is 10.2.